The highest BCUT2D eigenvalue weighted by Crippen LogP contribution is 2.32. The molecule has 0 aliphatic heterocycles. The molecule has 1 aliphatic carbocycles. The van der Waals surface area contributed by atoms with Crippen LogP contribution >= 0.6 is 12.4 Å². The Morgan fingerprint density at radius 1 is 1.24 bits per heavy atom. The van der Waals surface area contributed by atoms with Gasteiger partial charge in [0.05, 0.1) is 7.11 Å². The Kier molecular flexibility index (Phi) is 5.03. The van der Waals surface area contributed by atoms with Crippen LogP contribution in [-0.2, 0) is 0 Å². The zero-order chi connectivity index (χ0) is 11.5. The van der Waals surface area contributed by atoms with E-state index in [1.807, 2.05) is 12.1 Å². The first-order valence-electron chi connectivity index (χ1n) is 5.76. The van der Waals surface area contributed by atoms with Gasteiger partial charge in [-0.05, 0) is 37.5 Å². The van der Waals surface area contributed by atoms with Crippen LogP contribution in [0.1, 0.15) is 31.2 Å². The smallest absolute Gasteiger partial charge is 0.118 e. The van der Waals surface area contributed by atoms with Crippen LogP contribution in [0.3, 0.4) is 0 Å². The van der Waals surface area contributed by atoms with Crippen molar-refractivity contribution >= 4 is 12.4 Å². The lowest BCUT2D eigenvalue weighted by molar-refractivity contribution is 0.414. The topological polar surface area (TPSA) is 35.2 Å². The molecule has 1 aromatic rings. The van der Waals surface area contributed by atoms with Crippen LogP contribution in [0.4, 0.5) is 0 Å². The predicted octanol–water partition coefficient (Wildman–Crippen LogP) is 3.27. The molecule has 0 spiro atoms. The second-order valence-corrected chi connectivity index (χ2v) is 4.53. The third-order valence-corrected chi connectivity index (χ3v) is 3.34. The van der Waals surface area contributed by atoms with Crippen molar-refractivity contribution < 1.29 is 4.74 Å². The van der Waals surface area contributed by atoms with E-state index in [1.165, 1.54) is 11.1 Å². The molecule has 0 saturated carbocycles. The maximum atomic E-state index is 6.17. The molecule has 17 heavy (non-hydrogen) atoms. The Morgan fingerprint density at radius 3 is 2.47 bits per heavy atom. The Bertz CT molecular complexity index is 386. The van der Waals surface area contributed by atoms with Crippen LogP contribution in [0.25, 0.3) is 0 Å². The van der Waals surface area contributed by atoms with E-state index in [0.717, 1.165) is 18.6 Å². The van der Waals surface area contributed by atoms with Crippen molar-refractivity contribution in [2.24, 2.45) is 5.73 Å². The maximum absolute atomic E-state index is 6.17. The molecule has 2 nitrogen and oxygen atoms in total. The summed E-state index contributed by atoms with van der Waals surface area (Å²) in [5, 5.41) is 0. The molecule has 0 amide bonds. The summed E-state index contributed by atoms with van der Waals surface area (Å²) in [7, 11) is 1.69. The van der Waals surface area contributed by atoms with Gasteiger partial charge in [0.1, 0.15) is 5.75 Å². The number of halogens is 1. The van der Waals surface area contributed by atoms with Gasteiger partial charge in [0, 0.05) is 12.0 Å². The molecule has 1 aliphatic rings. The van der Waals surface area contributed by atoms with E-state index < -0.39 is 0 Å². The molecule has 1 aromatic carbocycles. The van der Waals surface area contributed by atoms with Crippen molar-refractivity contribution in [3.05, 3.63) is 41.5 Å². The molecule has 94 valence electrons. The molecule has 0 bridgehead atoms. The van der Waals surface area contributed by atoms with E-state index in [9.17, 15) is 0 Å². The molecule has 2 atom stereocenters. The zero-order valence-electron chi connectivity index (χ0n) is 10.3. The fraction of sp³-hybridized carbons (Fsp3) is 0.429. The number of allylic oxidation sites excluding steroid dienone is 1. The number of nitrogens with two attached hydrogens (primary N) is 1. The minimum Gasteiger partial charge on any atom is -0.497 e. The van der Waals surface area contributed by atoms with Gasteiger partial charge in [0.25, 0.3) is 0 Å². The summed E-state index contributed by atoms with van der Waals surface area (Å²) in [5.41, 5.74) is 8.93. The fourth-order valence-electron chi connectivity index (χ4n) is 2.30. The van der Waals surface area contributed by atoms with Crippen LogP contribution in [-0.4, -0.2) is 13.2 Å². The maximum Gasteiger partial charge on any atom is 0.118 e. The molecule has 0 fully saturated rings. The first-order chi connectivity index (χ1) is 7.70. The molecule has 0 heterocycles. The predicted molar refractivity (Wildman–Crippen MR) is 73.9 cm³/mol. The Morgan fingerprint density at radius 2 is 1.88 bits per heavy atom. The average Bonchev–Trinajstić information content (AvgIpc) is 2.32. The summed E-state index contributed by atoms with van der Waals surface area (Å²) in [6, 6.07) is 8.52. The molecule has 0 radical (unpaired) electrons. The first kappa shape index (κ1) is 14.1. The quantitative estimate of drug-likeness (QED) is 0.821. The number of hydrogen-bond donors (Lipinski definition) is 1. The highest BCUT2D eigenvalue weighted by molar-refractivity contribution is 5.85. The third kappa shape index (κ3) is 3.24. The molecular weight excluding hydrogens is 234 g/mol. The van der Waals surface area contributed by atoms with Gasteiger partial charge >= 0.3 is 0 Å². The molecular formula is C14H20ClNO. The van der Waals surface area contributed by atoms with Gasteiger partial charge in [-0.15, -0.1) is 12.4 Å². The first-order valence-corrected chi connectivity index (χ1v) is 5.76. The van der Waals surface area contributed by atoms with Crippen LogP contribution in [0.15, 0.2) is 35.9 Å². The van der Waals surface area contributed by atoms with E-state index in [-0.39, 0.29) is 18.4 Å². The van der Waals surface area contributed by atoms with Gasteiger partial charge < -0.3 is 10.5 Å². The monoisotopic (exact) mass is 253 g/mol. The van der Waals surface area contributed by atoms with E-state index in [0.29, 0.717) is 5.92 Å². The third-order valence-electron chi connectivity index (χ3n) is 3.34. The van der Waals surface area contributed by atoms with E-state index in [4.69, 9.17) is 10.5 Å². The summed E-state index contributed by atoms with van der Waals surface area (Å²) in [4.78, 5) is 0. The van der Waals surface area contributed by atoms with Gasteiger partial charge in [-0.1, -0.05) is 23.8 Å². The van der Waals surface area contributed by atoms with Gasteiger partial charge in [-0.3, -0.25) is 0 Å². The van der Waals surface area contributed by atoms with Crippen molar-refractivity contribution in [1.29, 1.82) is 0 Å². The van der Waals surface area contributed by atoms with Gasteiger partial charge in [0.15, 0.2) is 0 Å². The second-order valence-electron chi connectivity index (χ2n) is 4.53. The highest BCUT2D eigenvalue weighted by atomic mass is 35.5. The molecule has 2 N–H and O–H groups in total. The Hall–Kier alpha value is -0.990. The largest absolute Gasteiger partial charge is 0.497 e. The lowest BCUT2D eigenvalue weighted by atomic mass is 9.81. The van der Waals surface area contributed by atoms with Crippen LogP contribution in [0.2, 0.25) is 0 Å². The highest BCUT2D eigenvalue weighted by Gasteiger charge is 2.22. The van der Waals surface area contributed by atoms with Gasteiger partial charge in [-0.25, -0.2) is 0 Å². The molecule has 2 unspecified atom stereocenters. The van der Waals surface area contributed by atoms with Crippen LogP contribution in [0.5, 0.6) is 5.75 Å². The number of rotatable bonds is 2. The summed E-state index contributed by atoms with van der Waals surface area (Å²) in [6.45, 7) is 2.18. The van der Waals surface area contributed by atoms with Crippen LogP contribution in [0, 0.1) is 0 Å². The summed E-state index contributed by atoms with van der Waals surface area (Å²) in [5.74, 6) is 1.36. The SMILES string of the molecule is COc1ccc(C2CC(C)=CCC2N)cc1.Cl. The zero-order valence-corrected chi connectivity index (χ0v) is 11.2. The van der Waals surface area contributed by atoms with Crippen molar-refractivity contribution in [3.63, 3.8) is 0 Å². The number of hydrogen-bond acceptors (Lipinski definition) is 2. The molecule has 3 heteroatoms. The fourth-order valence-corrected chi connectivity index (χ4v) is 2.30. The summed E-state index contributed by atoms with van der Waals surface area (Å²) < 4.78 is 5.16. The summed E-state index contributed by atoms with van der Waals surface area (Å²) in [6.07, 6.45) is 4.32. The minimum atomic E-state index is 0. The van der Waals surface area contributed by atoms with Crippen molar-refractivity contribution in [2.45, 2.75) is 31.7 Å². The summed E-state index contributed by atoms with van der Waals surface area (Å²) >= 11 is 0. The standard InChI is InChI=1S/C14H19NO.ClH/c1-10-3-8-14(15)13(9-10)11-4-6-12(16-2)7-5-11;/h3-7,13-14H,8-9,15H2,1-2H3;1H. The number of ether oxygens (including phenoxy) is 1. The number of benzene rings is 1. The molecule has 0 saturated heterocycles. The number of methoxy groups -OCH3 is 1. The Labute approximate surface area is 109 Å². The van der Waals surface area contributed by atoms with Crippen molar-refractivity contribution in [2.75, 3.05) is 7.11 Å². The second kappa shape index (κ2) is 6.08. The van der Waals surface area contributed by atoms with Crippen LogP contribution < -0.4 is 10.5 Å². The van der Waals surface area contributed by atoms with E-state index in [1.54, 1.807) is 7.11 Å². The lowest BCUT2D eigenvalue weighted by Gasteiger charge is -2.28. The van der Waals surface area contributed by atoms with E-state index >= 15 is 0 Å². The average molecular weight is 254 g/mol. The van der Waals surface area contributed by atoms with Crippen molar-refractivity contribution in [3.8, 4) is 5.75 Å². The van der Waals surface area contributed by atoms with Crippen molar-refractivity contribution in [1.82, 2.24) is 0 Å². The Balaban J connectivity index is 0.00000144. The van der Waals surface area contributed by atoms with Gasteiger partial charge in [0.2, 0.25) is 0 Å². The van der Waals surface area contributed by atoms with Gasteiger partial charge in [-0.2, -0.15) is 0 Å². The molecule has 0 aromatic heterocycles. The minimum absolute atomic E-state index is 0. The van der Waals surface area contributed by atoms with E-state index in [2.05, 4.69) is 25.1 Å². The normalized spacial score (nSPS) is 23.6. The molecule has 2 rings (SSSR count). The lowest BCUT2D eigenvalue weighted by Crippen LogP contribution is -2.30.